The van der Waals surface area contributed by atoms with Gasteiger partial charge in [0.1, 0.15) is 5.75 Å². The van der Waals surface area contributed by atoms with Gasteiger partial charge in [0, 0.05) is 26.2 Å². The van der Waals surface area contributed by atoms with E-state index in [0.29, 0.717) is 35.9 Å². The number of rotatable bonds is 6. The van der Waals surface area contributed by atoms with E-state index in [1.54, 1.807) is 32.4 Å². The quantitative estimate of drug-likeness (QED) is 0.797. The number of nitrogens with one attached hydrogen (secondary N) is 1. The Balaban J connectivity index is 2.53. The lowest BCUT2D eigenvalue weighted by Crippen LogP contribution is -2.12. The number of methoxy groups -OCH3 is 2. The minimum atomic E-state index is -0.0749. The summed E-state index contributed by atoms with van der Waals surface area (Å²) in [5, 5.41) is 3.20. The normalized spacial score (nSPS) is 10.1. The van der Waals surface area contributed by atoms with E-state index in [0.717, 1.165) is 0 Å². The summed E-state index contributed by atoms with van der Waals surface area (Å²) in [5.41, 5.74) is 0.592. The molecule has 1 amide bonds. The molecule has 0 aliphatic rings. The van der Waals surface area contributed by atoms with E-state index in [2.05, 4.69) is 5.32 Å². The number of hydrogen-bond donors (Lipinski definition) is 1. The number of ether oxygens (including phenoxy) is 2. The molecule has 17 heavy (non-hydrogen) atoms. The Morgan fingerprint density at radius 3 is 2.76 bits per heavy atom. The van der Waals surface area contributed by atoms with Crippen LogP contribution in [0.3, 0.4) is 0 Å². The first-order chi connectivity index (χ1) is 8.17. The van der Waals surface area contributed by atoms with Crippen molar-refractivity contribution in [2.75, 3.05) is 26.1 Å². The maximum absolute atomic E-state index is 11.5. The van der Waals surface area contributed by atoms with E-state index in [-0.39, 0.29) is 5.91 Å². The highest BCUT2D eigenvalue weighted by molar-refractivity contribution is 6.33. The standard InChI is InChI=1S/C12H16ClNO3/c1-16-7-3-4-12(15)14-11-6-5-9(17-2)8-10(11)13/h5-6,8H,3-4,7H2,1-2H3,(H,14,15). The zero-order valence-corrected chi connectivity index (χ0v) is 10.7. The Labute approximate surface area is 106 Å². The summed E-state index contributed by atoms with van der Waals surface area (Å²) in [6.07, 6.45) is 1.10. The zero-order valence-electron chi connectivity index (χ0n) is 9.96. The van der Waals surface area contributed by atoms with E-state index in [1.165, 1.54) is 0 Å². The van der Waals surface area contributed by atoms with Crippen molar-refractivity contribution in [2.45, 2.75) is 12.8 Å². The average Bonchev–Trinajstić information content (AvgIpc) is 2.32. The number of amides is 1. The molecule has 0 aliphatic carbocycles. The summed E-state index contributed by atoms with van der Waals surface area (Å²) in [4.78, 5) is 11.5. The smallest absolute Gasteiger partial charge is 0.224 e. The predicted molar refractivity (Wildman–Crippen MR) is 67.7 cm³/mol. The monoisotopic (exact) mass is 257 g/mol. The van der Waals surface area contributed by atoms with E-state index < -0.39 is 0 Å². The lowest BCUT2D eigenvalue weighted by Gasteiger charge is -2.08. The minimum absolute atomic E-state index is 0.0749. The van der Waals surface area contributed by atoms with Gasteiger partial charge in [-0.3, -0.25) is 4.79 Å². The van der Waals surface area contributed by atoms with Crippen LogP contribution < -0.4 is 10.1 Å². The fourth-order valence-electron chi connectivity index (χ4n) is 1.31. The van der Waals surface area contributed by atoms with Gasteiger partial charge in [-0.15, -0.1) is 0 Å². The maximum Gasteiger partial charge on any atom is 0.224 e. The summed E-state index contributed by atoms with van der Waals surface area (Å²) in [6, 6.07) is 5.12. The fourth-order valence-corrected chi connectivity index (χ4v) is 1.53. The first-order valence-corrected chi connectivity index (χ1v) is 5.67. The molecule has 94 valence electrons. The van der Waals surface area contributed by atoms with Crippen LogP contribution in [-0.4, -0.2) is 26.7 Å². The largest absolute Gasteiger partial charge is 0.497 e. The van der Waals surface area contributed by atoms with Crippen molar-refractivity contribution >= 4 is 23.2 Å². The van der Waals surface area contributed by atoms with Crippen LogP contribution in [0.1, 0.15) is 12.8 Å². The number of benzene rings is 1. The Hall–Kier alpha value is -1.26. The van der Waals surface area contributed by atoms with Crippen LogP contribution in [0.15, 0.2) is 18.2 Å². The van der Waals surface area contributed by atoms with Gasteiger partial charge in [-0.25, -0.2) is 0 Å². The molecular formula is C12H16ClNO3. The van der Waals surface area contributed by atoms with Crippen LogP contribution in [0.4, 0.5) is 5.69 Å². The molecule has 0 radical (unpaired) electrons. The summed E-state index contributed by atoms with van der Waals surface area (Å²) >= 11 is 5.99. The predicted octanol–water partition coefficient (Wildman–Crippen LogP) is 2.71. The van der Waals surface area contributed by atoms with Gasteiger partial charge in [0.15, 0.2) is 0 Å². The molecule has 1 rings (SSSR count). The molecular weight excluding hydrogens is 242 g/mol. The van der Waals surface area contributed by atoms with Gasteiger partial charge in [0.2, 0.25) is 5.91 Å². The molecule has 1 aromatic rings. The molecule has 0 fully saturated rings. The Morgan fingerprint density at radius 2 is 2.18 bits per heavy atom. The summed E-state index contributed by atoms with van der Waals surface area (Å²) in [5.74, 6) is 0.585. The van der Waals surface area contributed by atoms with Crippen molar-refractivity contribution < 1.29 is 14.3 Å². The second kappa shape index (κ2) is 7.14. The molecule has 0 saturated heterocycles. The third-order valence-corrected chi connectivity index (χ3v) is 2.52. The van der Waals surface area contributed by atoms with E-state index in [9.17, 15) is 4.79 Å². The topological polar surface area (TPSA) is 47.6 Å². The number of carbonyl (C=O) groups excluding carboxylic acids is 1. The summed E-state index contributed by atoms with van der Waals surface area (Å²) in [6.45, 7) is 0.573. The Morgan fingerprint density at radius 1 is 1.41 bits per heavy atom. The van der Waals surface area contributed by atoms with Gasteiger partial charge >= 0.3 is 0 Å². The Bertz CT molecular complexity index is 382. The number of carbonyl (C=O) groups is 1. The van der Waals surface area contributed by atoms with E-state index in [1.807, 2.05) is 0 Å². The van der Waals surface area contributed by atoms with Crippen LogP contribution in [0.2, 0.25) is 5.02 Å². The lowest BCUT2D eigenvalue weighted by molar-refractivity contribution is -0.116. The lowest BCUT2D eigenvalue weighted by atomic mass is 10.2. The molecule has 0 spiro atoms. The van der Waals surface area contributed by atoms with Crippen molar-refractivity contribution in [3.05, 3.63) is 23.2 Å². The van der Waals surface area contributed by atoms with Crippen molar-refractivity contribution in [1.29, 1.82) is 0 Å². The molecule has 0 heterocycles. The van der Waals surface area contributed by atoms with Crippen molar-refractivity contribution in [3.63, 3.8) is 0 Å². The molecule has 0 aromatic heterocycles. The van der Waals surface area contributed by atoms with E-state index >= 15 is 0 Å². The third kappa shape index (κ3) is 4.63. The van der Waals surface area contributed by atoms with Gasteiger partial charge in [-0.1, -0.05) is 11.6 Å². The van der Waals surface area contributed by atoms with Crippen LogP contribution >= 0.6 is 11.6 Å². The van der Waals surface area contributed by atoms with Gasteiger partial charge in [0.05, 0.1) is 17.8 Å². The molecule has 0 atom stereocenters. The maximum atomic E-state index is 11.5. The fraction of sp³-hybridized carbons (Fsp3) is 0.417. The van der Waals surface area contributed by atoms with Gasteiger partial charge in [-0.2, -0.15) is 0 Å². The van der Waals surface area contributed by atoms with Gasteiger partial charge in [0.25, 0.3) is 0 Å². The molecule has 0 aliphatic heterocycles. The van der Waals surface area contributed by atoms with Crippen LogP contribution in [0.25, 0.3) is 0 Å². The van der Waals surface area contributed by atoms with Gasteiger partial charge < -0.3 is 14.8 Å². The zero-order chi connectivity index (χ0) is 12.7. The van der Waals surface area contributed by atoms with Crippen molar-refractivity contribution in [1.82, 2.24) is 0 Å². The first-order valence-electron chi connectivity index (χ1n) is 5.29. The van der Waals surface area contributed by atoms with Crippen LogP contribution in [0.5, 0.6) is 5.75 Å². The Kier molecular flexibility index (Phi) is 5.80. The first kappa shape index (κ1) is 13.8. The summed E-state index contributed by atoms with van der Waals surface area (Å²) < 4.78 is 9.89. The number of hydrogen-bond acceptors (Lipinski definition) is 3. The van der Waals surface area contributed by atoms with Crippen molar-refractivity contribution in [3.8, 4) is 5.75 Å². The second-order valence-corrected chi connectivity index (χ2v) is 3.90. The third-order valence-electron chi connectivity index (χ3n) is 2.20. The molecule has 0 bridgehead atoms. The van der Waals surface area contributed by atoms with E-state index in [4.69, 9.17) is 21.1 Å². The molecule has 1 N–H and O–H groups in total. The van der Waals surface area contributed by atoms with Crippen LogP contribution in [-0.2, 0) is 9.53 Å². The molecule has 4 nitrogen and oxygen atoms in total. The number of anilines is 1. The molecule has 1 aromatic carbocycles. The number of halogens is 1. The van der Waals surface area contributed by atoms with Crippen molar-refractivity contribution in [2.24, 2.45) is 0 Å². The highest BCUT2D eigenvalue weighted by Gasteiger charge is 2.06. The summed E-state index contributed by atoms with van der Waals surface area (Å²) in [7, 11) is 3.17. The second-order valence-electron chi connectivity index (χ2n) is 3.49. The average molecular weight is 258 g/mol. The van der Waals surface area contributed by atoms with Crippen LogP contribution in [0, 0.1) is 0 Å². The minimum Gasteiger partial charge on any atom is -0.497 e. The van der Waals surface area contributed by atoms with Gasteiger partial charge in [-0.05, 0) is 18.6 Å². The SMILES string of the molecule is COCCCC(=O)Nc1ccc(OC)cc1Cl. The highest BCUT2D eigenvalue weighted by atomic mass is 35.5. The molecule has 0 saturated carbocycles. The molecule has 5 heteroatoms. The highest BCUT2D eigenvalue weighted by Crippen LogP contribution is 2.26. The molecule has 0 unspecified atom stereocenters.